The van der Waals surface area contributed by atoms with E-state index in [9.17, 15) is 5.26 Å². The van der Waals surface area contributed by atoms with Gasteiger partial charge in [0.15, 0.2) is 0 Å². The fraction of sp³-hybridized carbons (Fsp3) is 0.261. The predicted molar refractivity (Wildman–Crippen MR) is 114 cm³/mol. The third-order valence-corrected chi connectivity index (χ3v) is 5.88. The molecule has 0 bridgehead atoms. The molecule has 7 heteroatoms. The third-order valence-electron chi connectivity index (χ3n) is 5.88. The predicted octanol–water partition coefficient (Wildman–Crippen LogP) is 4.33. The van der Waals surface area contributed by atoms with Crippen molar-refractivity contribution >= 4 is 27.7 Å². The Balaban J connectivity index is 1.77. The second kappa shape index (κ2) is 7.01. The molecule has 0 spiro atoms. The number of ether oxygens (including phenoxy) is 2. The molecule has 2 unspecified atom stereocenters. The molecule has 2 N–H and O–H groups in total. The van der Waals surface area contributed by atoms with Gasteiger partial charge in [0.05, 0.1) is 18.4 Å². The minimum atomic E-state index is -0.734. The monoisotopic (exact) mass is 399 g/mol. The number of rotatable bonds is 4. The molecule has 4 aromatic rings. The highest BCUT2D eigenvalue weighted by Crippen LogP contribution is 2.44. The zero-order valence-electron chi connectivity index (χ0n) is 16.8. The minimum absolute atomic E-state index is 0.0819. The Morgan fingerprint density at radius 3 is 2.80 bits per heavy atom. The Hall–Kier alpha value is -3.63. The number of nitrogens with one attached hydrogen (secondary N) is 2. The van der Waals surface area contributed by atoms with Crippen LogP contribution in [-0.2, 0) is 17.9 Å². The molecule has 7 nitrogen and oxygen atoms in total. The van der Waals surface area contributed by atoms with Gasteiger partial charge in [-0.15, -0.1) is 5.10 Å². The molecule has 0 fully saturated rings. The number of benzene rings is 2. The number of H-pyrrole nitrogens is 1. The first kappa shape index (κ1) is 18.4. The van der Waals surface area contributed by atoms with Gasteiger partial charge in [0.25, 0.3) is 0 Å². The lowest BCUT2D eigenvalue weighted by Gasteiger charge is -2.28. The molecule has 5 rings (SSSR count). The van der Waals surface area contributed by atoms with E-state index in [4.69, 9.17) is 14.9 Å². The number of nitrogens with zero attached hydrogens (tertiary/aromatic N) is 3. The molecule has 2 aromatic carbocycles. The van der Waals surface area contributed by atoms with Crippen LogP contribution >= 0.6 is 0 Å². The van der Waals surface area contributed by atoms with E-state index in [1.54, 1.807) is 7.11 Å². The van der Waals surface area contributed by atoms with Crippen LogP contribution in [0.5, 0.6) is 5.88 Å². The van der Waals surface area contributed by atoms with Crippen LogP contribution in [0, 0.1) is 22.7 Å². The van der Waals surface area contributed by atoms with E-state index < -0.39 is 5.92 Å². The lowest BCUT2D eigenvalue weighted by atomic mass is 9.79. The number of hydrogen-bond acceptors (Lipinski definition) is 5. The van der Waals surface area contributed by atoms with Crippen molar-refractivity contribution in [2.75, 3.05) is 7.11 Å². The summed E-state index contributed by atoms with van der Waals surface area (Å²) < 4.78 is 13.2. The summed E-state index contributed by atoms with van der Waals surface area (Å²) >= 11 is 0. The van der Waals surface area contributed by atoms with Crippen molar-refractivity contribution < 1.29 is 9.47 Å². The average molecular weight is 399 g/mol. The molecular weight excluding hydrogens is 378 g/mol. The fourth-order valence-corrected chi connectivity index (χ4v) is 4.60. The number of aromatic nitrogens is 3. The van der Waals surface area contributed by atoms with Crippen molar-refractivity contribution in [3.05, 3.63) is 59.3 Å². The quantitative estimate of drug-likeness (QED) is 0.534. The van der Waals surface area contributed by atoms with E-state index in [2.05, 4.69) is 58.1 Å². The second-order valence-electron chi connectivity index (χ2n) is 7.44. The van der Waals surface area contributed by atoms with Crippen LogP contribution in [-0.4, -0.2) is 27.8 Å². The lowest BCUT2D eigenvalue weighted by molar-refractivity contribution is 0.180. The normalized spacial score (nSPS) is 18.4. The first-order valence-electron chi connectivity index (χ1n) is 9.90. The summed E-state index contributed by atoms with van der Waals surface area (Å²) in [4.78, 5) is 0. The smallest absolute Gasteiger partial charge is 0.243 e. The zero-order chi connectivity index (χ0) is 20.8. The SMILES string of the molecule is CCn1c2ccccc2c2cc(C3c4c(n[nH]c4COC)OC(=N)C3C#N)ccc21. The maximum Gasteiger partial charge on any atom is 0.243 e. The van der Waals surface area contributed by atoms with E-state index in [0.29, 0.717) is 12.5 Å². The molecule has 1 aliphatic heterocycles. The number of aryl methyl sites for hydroxylation is 1. The van der Waals surface area contributed by atoms with Crippen molar-refractivity contribution in [3.63, 3.8) is 0 Å². The first-order valence-corrected chi connectivity index (χ1v) is 9.90. The number of methoxy groups -OCH3 is 1. The van der Waals surface area contributed by atoms with Crippen LogP contribution in [0.3, 0.4) is 0 Å². The largest absolute Gasteiger partial charge is 0.422 e. The van der Waals surface area contributed by atoms with Gasteiger partial charge in [-0.2, -0.15) is 5.26 Å². The molecule has 0 saturated carbocycles. The first-order chi connectivity index (χ1) is 14.7. The number of para-hydroxylation sites is 1. The third kappa shape index (κ3) is 2.54. The highest BCUT2D eigenvalue weighted by atomic mass is 16.5. The molecule has 2 aromatic heterocycles. The van der Waals surface area contributed by atoms with Crippen LogP contribution in [0.1, 0.15) is 29.7 Å². The van der Waals surface area contributed by atoms with Gasteiger partial charge in [0, 0.05) is 46.9 Å². The van der Waals surface area contributed by atoms with Gasteiger partial charge in [-0.3, -0.25) is 10.5 Å². The molecule has 0 saturated heterocycles. The highest BCUT2D eigenvalue weighted by molar-refractivity contribution is 6.08. The van der Waals surface area contributed by atoms with Crippen molar-refractivity contribution in [2.24, 2.45) is 5.92 Å². The van der Waals surface area contributed by atoms with Gasteiger partial charge in [0.2, 0.25) is 11.8 Å². The molecular formula is C23H21N5O2. The summed E-state index contributed by atoms with van der Waals surface area (Å²) in [5, 5.41) is 27.6. The Labute approximate surface area is 173 Å². The zero-order valence-corrected chi connectivity index (χ0v) is 16.8. The molecule has 30 heavy (non-hydrogen) atoms. The van der Waals surface area contributed by atoms with Crippen molar-refractivity contribution in [1.82, 2.24) is 14.8 Å². The van der Waals surface area contributed by atoms with Crippen molar-refractivity contribution in [1.29, 1.82) is 10.7 Å². The maximum absolute atomic E-state index is 9.87. The number of nitriles is 1. The van der Waals surface area contributed by atoms with E-state index in [1.165, 1.54) is 10.9 Å². The fourth-order valence-electron chi connectivity index (χ4n) is 4.60. The summed E-state index contributed by atoms with van der Waals surface area (Å²) in [6.07, 6.45) is 0. The van der Waals surface area contributed by atoms with E-state index >= 15 is 0 Å². The van der Waals surface area contributed by atoms with E-state index in [-0.39, 0.29) is 11.8 Å². The average Bonchev–Trinajstić information content (AvgIpc) is 3.31. The standard InChI is InChI=1S/C23H21N5O2/c1-3-28-18-7-5-4-6-14(18)15-10-13(8-9-19(15)28)20-16(11-24)22(25)30-23-21(20)17(12-29-2)26-27-23/h4-10,16,20,25H,3,12H2,1-2H3,(H,26,27). The summed E-state index contributed by atoms with van der Waals surface area (Å²) in [7, 11) is 1.61. The van der Waals surface area contributed by atoms with Gasteiger partial charge >= 0.3 is 0 Å². The van der Waals surface area contributed by atoms with Crippen molar-refractivity contribution in [3.8, 4) is 11.9 Å². The van der Waals surface area contributed by atoms with Gasteiger partial charge in [-0.1, -0.05) is 24.3 Å². The molecule has 2 atom stereocenters. The van der Waals surface area contributed by atoms with Gasteiger partial charge < -0.3 is 14.0 Å². The Bertz CT molecular complexity index is 1330. The lowest BCUT2D eigenvalue weighted by Crippen LogP contribution is -2.31. The topological polar surface area (TPSA) is 99.7 Å². The minimum Gasteiger partial charge on any atom is -0.422 e. The Kier molecular flexibility index (Phi) is 4.30. The van der Waals surface area contributed by atoms with Gasteiger partial charge in [-0.05, 0) is 30.7 Å². The highest BCUT2D eigenvalue weighted by Gasteiger charge is 2.40. The molecule has 3 heterocycles. The molecule has 0 amide bonds. The molecule has 0 radical (unpaired) electrons. The van der Waals surface area contributed by atoms with Crippen LogP contribution in [0.4, 0.5) is 0 Å². The molecule has 0 aliphatic carbocycles. The van der Waals surface area contributed by atoms with Crippen LogP contribution in [0.25, 0.3) is 21.8 Å². The molecule has 1 aliphatic rings. The van der Waals surface area contributed by atoms with Gasteiger partial charge in [-0.25, -0.2) is 0 Å². The summed E-state index contributed by atoms with van der Waals surface area (Å²) in [5.41, 5.74) is 4.86. The summed E-state index contributed by atoms with van der Waals surface area (Å²) in [5.74, 6) is -0.827. The Morgan fingerprint density at radius 1 is 1.23 bits per heavy atom. The maximum atomic E-state index is 9.87. The van der Waals surface area contributed by atoms with Gasteiger partial charge in [0.1, 0.15) is 5.92 Å². The Morgan fingerprint density at radius 2 is 2.03 bits per heavy atom. The summed E-state index contributed by atoms with van der Waals surface area (Å²) in [6.45, 7) is 3.33. The number of aromatic amines is 1. The van der Waals surface area contributed by atoms with Crippen LogP contribution < -0.4 is 4.74 Å². The second-order valence-corrected chi connectivity index (χ2v) is 7.44. The summed E-state index contributed by atoms with van der Waals surface area (Å²) in [6, 6.07) is 16.9. The van der Waals surface area contributed by atoms with E-state index in [0.717, 1.165) is 34.3 Å². The molecule has 150 valence electrons. The van der Waals surface area contributed by atoms with Crippen LogP contribution in [0.15, 0.2) is 42.5 Å². The van der Waals surface area contributed by atoms with Crippen LogP contribution in [0.2, 0.25) is 0 Å². The number of fused-ring (bicyclic) bond motifs is 4. The van der Waals surface area contributed by atoms with Crippen molar-refractivity contribution in [2.45, 2.75) is 26.0 Å². The van der Waals surface area contributed by atoms with E-state index in [1.807, 2.05) is 12.1 Å². The number of hydrogen-bond donors (Lipinski definition) is 2.